The number of carbonyl (C=O) groups is 1. The van der Waals surface area contributed by atoms with E-state index in [0.717, 1.165) is 16.8 Å². The van der Waals surface area contributed by atoms with Crippen LogP contribution in [0.3, 0.4) is 0 Å². The zero-order valence-corrected chi connectivity index (χ0v) is 11.1. The van der Waals surface area contributed by atoms with E-state index in [-0.39, 0.29) is 17.6 Å². The van der Waals surface area contributed by atoms with Crippen LogP contribution in [0.25, 0.3) is 0 Å². The second-order valence-electron chi connectivity index (χ2n) is 4.96. The number of aryl methyl sites for hydroxylation is 1. The number of carbonyl (C=O) groups excluding carboxylic acids is 1. The van der Waals surface area contributed by atoms with Crippen molar-refractivity contribution < 1.29 is 9.90 Å². The molecule has 5 nitrogen and oxygen atoms in total. The first-order valence-corrected chi connectivity index (χ1v) is 6.50. The molecule has 0 unspecified atom stereocenters. The summed E-state index contributed by atoms with van der Waals surface area (Å²) in [7, 11) is 0. The fourth-order valence-electron chi connectivity index (χ4n) is 2.47. The summed E-state index contributed by atoms with van der Waals surface area (Å²) in [4.78, 5) is 20.2. The molecule has 1 aliphatic rings. The lowest BCUT2D eigenvalue weighted by Crippen LogP contribution is -2.34. The summed E-state index contributed by atoms with van der Waals surface area (Å²) in [5.74, 6) is -0.321. The number of hydrogen-bond donors (Lipinski definition) is 2. The predicted octanol–water partition coefficient (Wildman–Crippen LogP) is 1.17. The zero-order valence-electron chi connectivity index (χ0n) is 11.1. The molecule has 2 N–H and O–H groups in total. The monoisotopic (exact) mass is 269 g/mol. The third-order valence-electron chi connectivity index (χ3n) is 3.50. The standard InChI is InChI=1S/C15H15N3O2/c1-9-7-17-12(8-16-9)15(20)18-14-11-5-3-2-4-10(11)6-13(14)19/h2-5,7-8,13-14,19H,6H2,1H3,(H,18,20)/t13-,14+/m1/s1. The van der Waals surface area contributed by atoms with Gasteiger partial charge in [-0.3, -0.25) is 9.78 Å². The highest BCUT2D eigenvalue weighted by molar-refractivity contribution is 5.92. The van der Waals surface area contributed by atoms with Crippen molar-refractivity contribution in [2.24, 2.45) is 0 Å². The minimum atomic E-state index is -0.602. The van der Waals surface area contributed by atoms with Gasteiger partial charge in [-0.1, -0.05) is 24.3 Å². The summed E-state index contributed by atoms with van der Waals surface area (Å²) in [6.07, 6.45) is 2.95. The van der Waals surface area contributed by atoms with E-state index in [1.54, 1.807) is 6.20 Å². The Bertz CT molecular complexity index is 640. The van der Waals surface area contributed by atoms with Crippen LogP contribution < -0.4 is 5.32 Å². The molecular weight excluding hydrogens is 254 g/mol. The third-order valence-corrected chi connectivity index (χ3v) is 3.50. The molecule has 1 aromatic heterocycles. The first kappa shape index (κ1) is 12.7. The highest BCUT2D eigenvalue weighted by Gasteiger charge is 2.32. The van der Waals surface area contributed by atoms with Gasteiger partial charge in [0.05, 0.1) is 24.0 Å². The Balaban J connectivity index is 1.81. The van der Waals surface area contributed by atoms with Crippen molar-refractivity contribution in [2.75, 3.05) is 0 Å². The van der Waals surface area contributed by atoms with Gasteiger partial charge >= 0.3 is 0 Å². The molecule has 0 bridgehead atoms. The van der Waals surface area contributed by atoms with Crippen molar-refractivity contribution in [1.82, 2.24) is 15.3 Å². The van der Waals surface area contributed by atoms with E-state index in [0.29, 0.717) is 6.42 Å². The maximum Gasteiger partial charge on any atom is 0.272 e. The second kappa shape index (κ2) is 5.02. The Labute approximate surface area is 116 Å². The lowest BCUT2D eigenvalue weighted by Gasteiger charge is -2.17. The molecule has 0 spiro atoms. The Morgan fingerprint density at radius 2 is 2.10 bits per heavy atom. The van der Waals surface area contributed by atoms with Crippen LogP contribution in [-0.2, 0) is 6.42 Å². The number of aromatic nitrogens is 2. The number of rotatable bonds is 2. The number of hydrogen-bond acceptors (Lipinski definition) is 4. The van der Waals surface area contributed by atoms with Crippen molar-refractivity contribution in [1.29, 1.82) is 0 Å². The van der Waals surface area contributed by atoms with E-state index in [1.165, 1.54) is 6.20 Å². The van der Waals surface area contributed by atoms with E-state index >= 15 is 0 Å². The van der Waals surface area contributed by atoms with Crippen LogP contribution in [0.4, 0.5) is 0 Å². The Hall–Kier alpha value is -2.27. The predicted molar refractivity (Wildman–Crippen MR) is 73.1 cm³/mol. The van der Waals surface area contributed by atoms with Crippen molar-refractivity contribution in [3.05, 3.63) is 59.2 Å². The number of nitrogens with one attached hydrogen (secondary N) is 1. The van der Waals surface area contributed by atoms with Crippen molar-refractivity contribution in [3.63, 3.8) is 0 Å². The molecule has 0 fully saturated rings. The SMILES string of the molecule is Cc1cnc(C(=O)N[C@H]2c3ccccc3C[C@H]2O)cn1. The van der Waals surface area contributed by atoms with Crippen LogP contribution in [-0.4, -0.2) is 27.1 Å². The number of amides is 1. The minimum Gasteiger partial charge on any atom is -0.390 e. The average molecular weight is 269 g/mol. The lowest BCUT2D eigenvalue weighted by molar-refractivity contribution is 0.0853. The molecule has 3 rings (SSSR count). The quantitative estimate of drug-likeness (QED) is 0.858. The van der Waals surface area contributed by atoms with Gasteiger partial charge in [-0.25, -0.2) is 4.98 Å². The number of aliphatic hydroxyl groups excluding tert-OH is 1. The fraction of sp³-hybridized carbons (Fsp3) is 0.267. The summed E-state index contributed by atoms with van der Waals surface area (Å²) < 4.78 is 0. The molecule has 1 aromatic carbocycles. The van der Waals surface area contributed by atoms with E-state index < -0.39 is 6.10 Å². The Morgan fingerprint density at radius 1 is 1.30 bits per heavy atom. The van der Waals surface area contributed by atoms with Crippen LogP contribution >= 0.6 is 0 Å². The van der Waals surface area contributed by atoms with Crippen LogP contribution in [0.1, 0.15) is 33.4 Å². The van der Waals surface area contributed by atoms with E-state index in [4.69, 9.17) is 0 Å². The van der Waals surface area contributed by atoms with E-state index in [2.05, 4.69) is 15.3 Å². The topological polar surface area (TPSA) is 75.1 Å². The van der Waals surface area contributed by atoms with E-state index in [9.17, 15) is 9.90 Å². The third kappa shape index (κ3) is 2.28. The Kier molecular flexibility index (Phi) is 3.20. The first-order chi connectivity index (χ1) is 9.65. The van der Waals surface area contributed by atoms with Gasteiger partial charge in [-0.15, -0.1) is 0 Å². The summed E-state index contributed by atoms with van der Waals surface area (Å²) in [5, 5.41) is 12.9. The second-order valence-corrected chi connectivity index (χ2v) is 4.96. The maximum absolute atomic E-state index is 12.1. The summed E-state index contributed by atoms with van der Waals surface area (Å²) in [6.45, 7) is 1.81. The molecule has 2 aromatic rings. The Morgan fingerprint density at radius 3 is 2.85 bits per heavy atom. The number of aliphatic hydroxyl groups is 1. The zero-order chi connectivity index (χ0) is 14.1. The molecular formula is C15H15N3O2. The largest absolute Gasteiger partial charge is 0.390 e. The van der Waals surface area contributed by atoms with Crippen LogP contribution in [0.2, 0.25) is 0 Å². The molecule has 1 heterocycles. The minimum absolute atomic E-state index is 0.257. The first-order valence-electron chi connectivity index (χ1n) is 6.50. The smallest absolute Gasteiger partial charge is 0.272 e. The van der Waals surface area contributed by atoms with Gasteiger partial charge in [0.2, 0.25) is 0 Å². The molecule has 2 atom stereocenters. The molecule has 0 aliphatic heterocycles. The number of benzene rings is 1. The summed E-state index contributed by atoms with van der Waals surface area (Å²) >= 11 is 0. The van der Waals surface area contributed by atoms with Crippen LogP contribution in [0.5, 0.6) is 0 Å². The molecule has 20 heavy (non-hydrogen) atoms. The molecule has 0 radical (unpaired) electrons. The van der Waals surface area contributed by atoms with Gasteiger partial charge < -0.3 is 10.4 Å². The number of nitrogens with zero attached hydrogens (tertiary/aromatic N) is 2. The fourth-order valence-corrected chi connectivity index (χ4v) is 2.47. The molecule has 0 saturated carbocycles. The van der Waals surface area contributed by atoms with Gasteiger partial charge in [0.1, 0.15) is 5.69 Å². The van der Waals surface area contributed by atoms with Gasteiger partial charge in [-0.05, 0) is 18.1 Å². The van der Waals surface area contributed by atoms with Gasteiger partial charge in [0.25, 0.3) is 5.91 Å². The van der Waals surface area contributed by atoms with Crippen LogP contribution in [0.15, 0.2) is 36.7 Å². The molecule has 1 amide bonds. The molecule has 0 saturated heterocycles. The van der Waals surface area contributed by atoms with Crippen molar-refractivity contribution in [2.45, 2.75) is 25.5 Å². The van der Waals surface area contributed by atoms with E-state index in [1.807, 2.05) is 31.2 Å². The lowest BCUT2D eigenvalue weighted by atomic mass is 10.1. The maximum atomic E-state index is 12.1. The van der Waals surface area contributed by atoms with Gasteiger partial charge in [-0.2, -0.15) is 0 Å². The number of fused-ring (bicyclic) bond motifs is 1. The average Bonchev–Trinajstić information content (AvgIpc) is 2.76. The normalized spacial score (nSPS) is 20.5. The van der Waals surface area contributed by atoms with Gasteiger partial charge in [0, 0.05) is 12.6 Å². The highest BCUT2D eigenvalue weighted by atomic mass is 16.3. The molecule has 102 valence electrons. The van der Waals surface area contributed by atoms with Crippen molar-refractivity contribution in [3.8, 4) is 0 Å². The van der Waals surface area contributed by atoms with Crippen LogP contribution in [0, 0.1) is 6.92 Å². The van der Waals surface area contributed by atoms with Gasteiger partial charge in [0.15, 0.2) is 0 Å². The molecule has 5 heteroatoms. The van der Waals surface area contributed by atoms with Crippen molar-refractivity contribution >= 4 is 5.91 Å². The summed E-state index contributed by atoms with van der Waals surface area (Å²) in [6, 6.07) is 7.35. The highest BCUT2D eigenvalue weighted by Crippen LogP contribution is 2.31. The summed E-state index contributed by atoms with van der Waals surface area (Å²) in [5.41, 5.74) is 3.05. The molecule has 1 aliphatic carbocycles.